The number of carbonyl (C=O) groups excluding carboxylic acids is 5. The Balaban J connectivity index is 0.00000179. The van der Waals surface area contributed by atoms with Gasteiger partial charge in [-0.2, -0.15) is 11.8 Å². The van der Waals surface area contributed by atoms with Gasteiger partial charge in [0, 0.05) is 54.8 Å². The number of ketones is 1. The van der Waals surface area contributed by atoms with Crippen molar-refractivity contribution in [3.05, 3.63) is 71.4 Å². The van der Waals surface area contributed by atoms with Gasteiger partial charge in [0.05, 0.1) is 18.2 Å². The molecule has 0 radical (unpaired) electrons. The molecule has 61 heavy (non-hydrogen) atoms. The quantitative estimate of drug-likeness (QED) is 0.0124. The first-order valence-electron chi connectivity index (χ1n) is 22.7. The molecule has 8 atom stereocenters. The summed E-state index contributed by atoms with van der Waals surface area (Å²) < 4.78 is 5.25. The first-order chi connectivity index (χ1) is 29.2. The van der Waals surface area contributed by atoms with Gasteiger partial charge in [0.15, 0.2) is 0 Å². The zero-order chi connectivity index (χ0) is 45.6. The fraction of sp³-hybridized carbons (Fsp3) is 0.653. The number of urea groups is 1. The maximum absolute atomic E-state index is 13.2. The standard InChI is InChI=1S/C44H72N2O6.C5H8N2OS/c1-10-13-24-41(48)45-27-19-14-15-20-28-46-42(49)31-34(5)30-37(8)44(51)38(9)43(50)36(7)29-33(4)22-17-16-18-23-39(12-3)25-26-40(52-32-47)35(6)21-11-2;8-5-6-3-1-9-2-4(3)7-5/h11,17,21-23,25-26,29,31-32,35-38,40,44,51H,10,12-16,18-20,24,27-28,30H2,1-9H3,(H,45,48)(H,46,49);3-4H,1-2H2,(H2,6,7,8)/b21-11-,22-17+,26-25+,33-29+,34-31+,39-23-;. The third-order valence-electron chi connectivity index (χ3n) is 11.0. The van der Waals surface area contributed by atoms with Crippen molar-refractivity contribution >= 4 is 41.9 Å². The number of thioether (sulfide) groups is 1. The maximum Gasteiger partial charge on any atom is 0.315 e. The zero-order valence-corrected chi connectivity index (χ0v) is 39.6. The van der Waals surface area contributed by atoms with E-state index in [1.54, 1.807) is 13.0 Å². The molecule has 0 bridgehead atoms. The Morgan fingerprint density at radius 3 is 2.18 bits per heavy atom. The number of ether oxygens (including phenoxy) is 1. The van der Waals surface area contributed by atoms with Crippen LogP contribution < -0.4 is 21.3 Å². The Hall–Kier alpha value is -3.90. The third-order valence-corrected chi connectivity index (χ3v) is 12.2. The highest BCUT2D eigenvalue weighted by atomic mass is 32.2. The highest BCUT2D eigenvalue weighted by Crippen LogP contribution is 2.24. The predicted molar refractivity (Wildman–Crippen MR) is 252 cm³/mol. The second-order valence-electron chi connectivity index (χ2n) is 16.6. The maximum atomic E-state index is 13.2. The number of carbonyl (C=O) groups is 5. The minimum Gasteiger partial charge on any atom is -0.460 e. The van der Waals surface area contributed by atoms with Crippen molar-refractivity contribution in [1.29, 1.82) is 0 Å². The second-order valence-corrected chi connectivity index (χ2v) is 17.7. The molecule has 0 aromatic rings. The summed E-state index contributed by atoms with van der Waals surface area (Å²) in [7, 11) is 0. The highest BCUT2D eigenvalue weighted by Gasteiger charge is 2.35. The van der Waals surface area contributed by atoms with Crippen molar-refractivity contribution in [1.82, 2.24) is 21.3 Å². The van der Waals surface area contributed by atoms with Gasteiger partial charge in [-0.15, -0.1) is 0 Å². The third kappa shape index (κ3) is 24.4. The zero-order valence-electron chi connectivity index (χ0n) is 38.8. The molecule has 0 aromatic heterocycles. The number of fused-ring (bicyclic) bond motifs is 1. The molecule has 2 saturated heterocycles. The molecule has 8 unspecified atom stereocenters. The van der Waals surface area contributed by atoms with Crippen molar-refractivity contribution in [2.75, 3.05) is 24.6 Å². The highest BCUT2D eigenvalue weighted by molar-refractivity contribution is 7.99. The van der Waals surface area contributed by atoms with Crippen molar-refractivity contribution in [2.24, 2.45) is 23.7 Å². The van der Waals surface area contributed by atoms with Gasteiger partial charge in [0.1, 0.15) is 11.9 Å². The van der Waals surface area contributed by atoms with Gasteiger partial charge in [0.25, 0.3) is 6.47 Å². The molecular weight excluding hydrogens is 789 g/mol. The average molecular weight is 869 g/mol. The monoisotopic (exact) mass is 869 g/mol. The number of hydrogen-bond acceptors (Lipinski definition) is 8. The minimum absolute atomic E-state index is 0.00491. The number of hydrogen-bond donors (Lipinski definition) is 5. The average Bonchev–Trinajstić information content (AvgIpc) is 3.81. The molecule has 0 spiro atoms. The summed E-state index contributed by atoms with van der Waals surface area (Å²) in [6.07, 6.45) is 26.2. The van der Waals surface area contributed by atoms with E-state index in [0.29, 0.717) is 44.5 Å². The summed E-state index contributed by atoms with van der Waals surface area (Å²) in [5.41, 5.74) is 3.05. The predicted octanol–water partition coefficient (Wildman–Crippen LogP) is 8.86. The van der Waals surface area contributed by atoms with Gasteiger partial charge >= 0.3 is 6.03 Å². The van der Waals surface area contributed by atoms with Crippen LogP contribution in [0.2, 0.25) is 0 Å². The van der Waals surface area contributed by atoms with Crippen LogP contribution in [0.4, 0.5) is 4.79 Å². The summed E-state index contributed by atoms with van der Waals surface area (Å²) >= 11 is 1.89. The molecule has 2 aliphatic heterocycles. The molecule has 0 saturated carbocycles. The Morgan fingerprint density at radius 2 is 1.57 bits per heavy atom. The number of allylic oxidation sites excluding steroid dienone is 9. The van der Waals surface area contributed by atoms with Gasteiger partial charge in [-0.1, -0.05) is 120 Å². The topological polar surface area (TPSA) is 163 Å². The van der Waals surface area contributed by atoms with Crippen LogP contribution in [0.15, 0.2) is 71.4 Å². The lowest BCUT2D eigenvalue weighted by Gasteiger charge is -2.25. The number of rotatable bonds is 29. The van der Waals surface area contributed by atoms with Crippen LogP contribution in [-0.2, 0) is 23.9 Å². The summed E-state index contributed by atoms with van der Waals surface area (Å²) in [5.74, 6) is 1.17. The van der Waals surface area contributed by atoms with Crippen LogP contribution in [0.1, 0.15) is 133 Å². The smallest absolute Gasteiger partial charge is 0.315 e. The fourth-order valence-corrected chi connectivity index (χ4v) is 8.54. The molecule has 4 amide bonds. The van der Waals surface area contributed by atoms with Crippen molar-refractivity contribution in [3.63, 3.8) is 0 Å². The molecule has 11 nitrogen and oxygen atoms in total. The Morgan fingerprint density at radius 1 is 0.918 bits per heavy atom. The number of amides is 4. The van der Waals surface area contributed by atoms with Crippen molar-refractivity contribution < 1.29 is 33.8 Å². The molecule has 0 aromatic carbocycles. The molecule has 2 heterocycles. The summed E-state index contributed by atoms with van der Waals surface area (Å²) in [4.78, 5) is 58.8. The van der Waals surface area contributed by atoms with E-state index >= 15 is 0 Å². The molecule has 2 aliphatic rings. The van der Waals surface area contributed by atoms with Crippen LogP contribution in [0, 0.1) is 23.7 Å². The van der Waals surface area contributed by atoms with Gasteiger partial charge in [-0.3, -0.25) is 19.2 Å². The van der Waals surface area contributed by atoms with E-state index < -0.39 is 12.0 Å². The number of aliphatic hydroxyl groups is 1. The number of Topliss-reactive ketones (excluding diaryl/α,β-unsaturated/α-hetero) is 1. The number of unbranched alkanes of at least 4 members (excludes halogenated alkanes) is 5. The summed E-state index contributed by atoms with van der Waals surface area (Å²) in [5, 5.41) is 22.6. The second kappa shape index (κ2) is 32.8. The van der Waals surface area contributed by atoms with Gasteiger partial charge in [-0.25, -0.2) is 4.79 Å². The van der Waals surface area contributed by atoms with E-state index in [9.17, 15) is 29.1 Å². The lowest BCUT2D eigenvalue weighted by atomic mass is 9.83. The number of nitrogens with one attached hydrogen (secondary N) is 4. The minimum atomic E-state index is -0.817. The molecule has 2 fully saturated rings. The van der Waals surface area contributed by atoms with Gasteiger partial charge in [0.2, 0.25) is 11.8 Å². The van der Waals surface area contributed by atoms with E-state index in [1.807, 2.05) is 89.8 Å². The van der Waals surface area contributed by atoms with Crippen molar-refractivity contribution in [3.8, 4) is 0 Å². The molecule has 0 aliphatic carbocycles. The van der Waals surface area contributed by atoms with Crippen LogP contribution in [0.25, 0.3) is 0 Å². The molecule has 344 valence electrons. The van der Waals surface area contributed by atoms with E-state index in [2.05, 4.69) is 47.3 Å². The summed E-state index contributed by atoms with van der Waals surface area (Å²) in [6, 6.07) is 0.815. The fourth-order valence-electron chi connectivity index (χ4n) is 7.26. The molecule has 12 heteroatoms. The lowest BCUT2D eigenvalue weighted by molar-refractivity contribution is -0.132. The van der Waals surface area contributed by atoms with Gasteiger partial charge in [-0.05, 0) is 77.7 Å². The Bertz CT molecular complexity index is 1510. The molecule has 5 N–H and O–H groups in total. The lowest BCUT2D eigenvalue weighted by Crippen LogP contribution is -2.34. The van der Waals surface area contributed by atoms with Crippen LogP contribution in [0.3, 0.4) is 0 Å². The van der Waals surface area contributed by atoms with E-state index in [4.69, 9.17) is 4.74 Å². The van der Waals surface area contributed by atoms with Crippen LogP contribution >= 0.6 is 11.8 Å². The first kappa shape index (κ1) is 55.1. The van der Waals surface area contributed by atoms with E-state index in [0.717, 1.165) is 80.4 Å². The van der Waals surface area contributed by atoms with Crippen LogP contribution in [0.5, 0.6) is 0 Å². The largest absolute Gasteiger partial charge is 0.460 e. The van der Waals surface area contributed by atoms with Crippen molar-refractivity contribution in [2.45, 2.75) is 157 Å². The SMILES string of the molecule is C/C=C\C(C)C(/C=C/C(=C\CC/C=C/C(C)=C/C(C)C(=O)C(C)C(O)C(C)C/C(C)=C/C(=O)NCCCCCCNC(=O)CCCC)CC)OC=O.O=C1NC2CSCC2N1. The Labute approximate surface area is 372 Å². The number of aliphatic hydroxyl groups excluding tert-OH is 1. The normalized spacial score (nSPS) is 19.9. The molecular formula is C49H80N4O7S. The first-order valence-corrected chi connectivity index (χ1v) is 23.8. The van der Waals surface area contributed by atoms with E-state index in [-0.39, 0.29) is 47.5 Å². The van der Waals surface area contributed by atoms with Gasteiger partial charge < -0.3 is 31.1 Å². The molecule has 2 rings (SSSR count). The Kier molecular flexibility index (Phi) is 29.6. The van der Waals surface area contributed by atoms with Crippen LogP contribution in [-0.4, -0.2) is 84.1 Å². The summed E-state index contributed by atoms with van der Waals surface area (Å²) in [6.45, 7) is 19.4. The van der Waals surface area contributed by atoms with E-state index in [1.165, 1.54) is 5.57 Å².